The van der Waals surface area contributed by atoms with Crippen LogP contribution in [0.1, 0.15) is 23.6 Å². The third-order valence-electron chi connectivity index (χ3n) is 3.53. The molecule has 0 radical (unpaired) electrons. The van der Waals surface area contributed by atoms with Crippen LogP contribution >= 0.6 is 11.6 Å². The van der Waals surface area contributed by atoms with Crippen molar-refractivity contribution >= 4 is 29.2 Å². The average molecular weight is 333 g/mol. The van der Waals surface area contributed by atoms with Crippen LogP contribution in [0.3, 0.4) is 0 Å². The Kier molecular flexibility index (Phi) is 5.29. The molecule has 120 valence electrons. The Labute approximate surface area is 139 Å². The van der Waals surface area contributed by atoms with Crippen molar-refractivity contribution in [2.75, 3.05) is 7.11 Å². The minimum absolute atomic E-state index is 0.0493. The Hall–Kier alpha value is -2.46. The zero-order valence-corrected chi connectivity index (χ0v) is 13.6. The number of ether oxygens (including phenoxy) is 1. The van der Waals surface area contributed by atoms with E-state index in [0.29, 0.717) is 11.1 Å². The van der Waals surface area contributed by atoms with Crippen molar-refractivity contribution in [3.63, 3.8) is 0 Å². The molecular formula is C18H17ClO4. The quantitative estimate of drug-likeness (QED) is 0.634. The van der Waals surface area contributed by atoms with Crippen molar-refractivity contribution in [1.82, 2.24) is 0 Å². The topological polar surface area (TPSA) is 66.8 Å². The van der Waals surface area contributed by atoms with Crippen molar-refractivity contribution in [3.05, 3.63) is 58.1 Å². The maximum atomic E-state index is 11.6. The van der Waals surface area contributed by atoms with Crippen LogP contribution in [0.4, 0.5) is 0 Å². The molecular weight excluding hydrogens is 316 g/mol. The van der Waals surface area contributed by atoms with Crippen molar-refractivity contribution in [3.8, 4) is 11.5 Å². The summed E-state index contributed by atoms with van der Waals surface area (Å²) in [4.78, 5) is 11.6. The molecule has 0 saturated carbocycles. The fraction of sp³-hybridized carbons (Fsp3) is 0.167. The fourth-order valence-corrected chi connectivity index (χ4v) is 2.39. The number of aryl methyl sites for hydroxylation is 1. The number of phenols is 1. The minimum atomic E-state index is -1.07. The number of carboxylic acid groups (broad SMARTS) is 1. The van der Waals surface area contributed by atoms with Crippen molar-refractivity contribution in [1.29, 1.82) is 0 Å². The van der Waals surface area contributed by atoms with Crippen molar-refractivity contribution < 1.29 is 19.7 Å². The van der Waals surface area contributed by atoms with Crippen LogP contribution in [-0.4, -0.2) is 23.3 Å². The van der Waals surface area contributed by atoms with E-state index in [2.05, 4.69) is 0 Å². The third kappa shape index (κ3) is 3.66. The van der Waals surface area contributed by atoms with Gasteiger partial charge in [0.2, 0.25) is 0 Å². The van der Waals surface area contributed by atoms with E-state index in [4.69, 9.17) is 16.3 Å². The number of phenolic OH excluding ortho intramolecular Hbond substituents is 1. The number of carbonyl (C=O) groups is 1. The van der Waals surface area contributed by atoms with Crippen LogP contribution in [0.2, 0.25) is 5.02 Å². The fourth-order valence-electron chi connectivity index (χ4n) is 2.18. The first kappa shape index (κ1) is 16.9. The summed E-state index contributed by atoms with van der Waals surface area (Å²) in [5.74, 6) is -1.05. The second-order valence-corrected chi connectivity index (χ2v) is 5.31. The van der Waals surface area contributed by atoms with Crippen molar-refractivity contribution in [2.24, 2.45) is 0 Å². The molecule has 0 spiro atoms. The van der Waals surface area contributed by atoms with E-state index in [-0.39, 0.29) is 22.1 Å². The molecule has 2 N–H and O–H groups in total. The maximum absolute atomic E-state index is 11.6. The Morgan fingerprint density at radius 2 is 1.87 bits per heavy atom. The number of aromatic hydroxyl groups is 1. The zero-order chi connectivity index (χ0) is 17.0. The normalized spacial score (nSPS) is 11.3. The highest BCUT2D eigenvalue weighted by Gasteiger charge is 2.14. The van der Waals surface area contributed by atoms with E-state index >= 15 is 0 Å². The smallest absolute Gasteiger partial charge is 0.336 e. The monoisotopic (exact) mass is 332 g/mol. The van der Waals surface area contributed by atoms with Crippen LogP contribution in [0, 0.1) is 0 Å². The molecule has 0 fully saturated rings. The molecule has 2 aromatic carbocycles. The number of methoxy groups -OCH3 is 1. The summed E-state index contributed by atoms with van der Waals surface area (Å²) in [6.45, 7) is 2.03. The van der Waals surface area contributed by atoms with Gasteiger partial charge in [-0.1, -0.05) is 42.8 Å². The summed E-state index contributed by atoms with van der Waals surface area (Å²) in [7, 11) is 1.42. The van der Waals surface area contributed by atoms with Gasteiger partial charge in [0.05, 0.1) is 17.7 Å². The average Bonchev–Trinajstić information content (AvgIpc) is 2.56. The number of hydrogen-bond acceptors (Lipinski definition) is 3. The van der Waals surface area contributed by atoms with Gasteiger partial charge >= 0.3 is 5.97 Å². The molecule has 23 heavy (non-hydrogen) atoms. The number of halogens is 1. The highest BCUT2D eigenvalue weighted by molar-refractivity contribution is 6.34. The lowest BCUT2D eigenvalue weighted by Crippen LogP contribution is -2.00. The molecule has 0 aliphatic carbocycles. The number of aliphatic carboxylic acids is 1. The second-order valence-electron chi connectivity index (χ2n) is 4.93. The van der Waals surface area contributed by atoms with Gasteiger partial charge in [-0.2, -0.15) is 0 Å². The number of hydrogen-bond donors (Lipinski definition) is 2. The van der Waals surface area contributed by atoms with Crippen LogP contribution < -0.4 is 4.74 Å². The van der Waals surface area contributed by atoms with E-state index in [0.717, 1.165) is 12.0 Å². The highest BCUT2D eigenvalue weighted by Crippen LogP contribution is 2.37. The van der Waals surface area contributed by atoms with Crippen LogP contribution in [-0.2, 0) is 11.2 Å². The predicted molar refractivity (Wildman–Crippen MR) is 91.0 cm³/mol. The molecule has 0 bridgehead atoms. The lowest BCUT2D eigenvalue weighted by molar-refractivity contribution is -0.130. The molecule has 5 heteroatoms. The first-order chi connectivity index (χ1) is 11.0. The lowest BCUT2D eigenvalue weighted by atomic mass is 10.0. The molecule has 4 nitrogen and oxygen atoms in total. The summed E-state index contributed by atoms with van der Waals surface area (Å²) >= 11 is 6.09. The molecule has 0 atom stereocenters. The Morgan fingerprint density at radius 1 is 1.22 bits per heavy atom. The summed E-state index contributed by atoms with van der Waals surface area (Å²) in [6.07, 6.45) is 2.31. The van der Waals surface area contributed by atoms with Crippen LogP contribution in [0.25, 0.3) is 11.6 Å². The molecule has 0 amide bonds. The molecule has 0 heterocycles. The second kappa shape index (κ2) is 7.20. The largest absolute Gasteiger partial charge is 0.503 e. The maximum Gasteiger partial charge on any atom is 0.336 e. The number of rotatable bonds is 5. The Balaban J connectivity index is 2.51. The molecule has 2 aromatic rings. The van der Waals surface area contributed by atoms with E-state index < -0.39 is 5.97 Å². The molecule has 0 aliphatic rings. The summed E-state index contributed by atoms with van der Waals surface area (Å²) in [5, 5.41) is 19.5. The van der Waals surface area contributed by atoms with Gasteiger partial charge in [-0.15, -0.1) is 0 Å². The van der Waals surface area contributed by atoms with Crippen molar-refractivity contribution in [2.45, 2.75) is 13.3 Å². The van der Waals surface area contributed by atoms with Gasteiger partial charge in [-0.05, 0) is 41.3 Å². The SMILES string of the molecule is CCc1ccc(/C(=C/c2ccc(OC)c(O)c2Cl)C(=O)O)cc1. The van der Waals surface area contributed by atoms with Gasteiger partial charge in [0, 0.05) is 0 Å². The Morgan fingerprint density at radius 3 is 2.39 bits per heavy atom. The Bertz CT molecular complexity index is 748. The molecule has 0 aliphatic heterocycles. The van der Waals surface area contributed by atoms with E-state index in [9.17, 15) is 15.0 Å². The van der Waals surface area contributed by atoms with Gasteiger partial charge in [-0.3, -0.25) is 0 Å². The van der Waals surface area contributed by atoms with Gasteiger partial charge in [0.15, 0.2) is 11.5 Å². The van der Waals surface area contributed by atoms with Gasteiger partial charge in [0.25, 0.3) is 0 Å². The molecule has 0 aromatic heterocycles. The summed E-state index contributed by atoms with van der Waals surface area (Å²) in [6, 6.07) is 10.4. The van der Waals surface area contributed by atoms with Crippen LogP contribution in [0.5, 0.6) is 11.5 Å². The molecule has 0 saturated heterocycles. The number of carboxylic acids is 1. The zero-order valence-electron chi connectivity index (χ0n) is 12.8. The number of benzene rings is 2. The predicted octanol–water partition coefficient (Wildman–Crippen LogP) is 4.24. The van der Waals surface area contributed by atoms with E-state index in [1.165, 1.54) is 19.3 Å². The molecule has 2 rings (SSSR count). The third-order valence-corrected chi connectivity index (χ3v) is 3.93. The lowest BCUT2D eigenvalue weighted by Gasteiger charge is -2.09. The van der Waals surface area contributed by atoms with E-state index in [1.807, 2.05) is 19.1 Å². The first-order valence-electron chi connectivity index (χ1n) is 7.07. The van der Waals surface area contributed by atoms with E-state index in [1.54, 1.807) is 18.2 Å². The van der Waals surface area contributed by atoms with Crippen LogP contribution in [0.15, 0.2) is 36.4 Å². The summed E-state index contributed by atoms with van der Waals surface area (Å²) < 4.78 is 4.97. The van der Waals surface area contributed by atoms with Gasteiger partial charge in [-0.25, -0.2) is 4.79 Å². The van der Waals surface area contributed by atoms with Gasteiger partial charge < -0.3 is 14.9 Å². The first-order valence-corrected chi connectivity index (χ1v) is 7.45. The van der Waals surface area contributed by atoms with Gasteiger partial charge in [0.1, 0.15) is 0 Å². The highest BCUT2D eigenvalue weighted by atomic mass is 35.5. The standard InChI is InChI=1S/C18H17ClO4/c1-3-11-4-6-12(7-5-11)14(18(21)22)10-13-8-9-15(23-2)17(20)16(13)19/h4-10,20H,3H2,1-2H3,(H,21,22)/b14-10-. The minimum Gasteiger partial charge on any atom is -0.503 e. The molecule has 0 unspecified atom stereocenters. The summed E-state index contributed by atoms with van der Waals surface area (Å²) in [5.41, 5.74) is 2.20.